The lowest BCUT2D eigenvalue weighted by atomic mass is 9.92. The summed E-state index contributed by atoms with van der Waals surface area (Å²) in [5.74, 6) is 0.501. The number of anilines is 1. The highest BCUT2D eigenvalue weighted by molar-refractivity contribution is 6.32. The van der Waals surface area contributed by atoms with E-state index in [0.717, 1.165) is 44.9 Å². The lowest BCUT2D eigenvalue weighted by Crippen LogP contribution is -2.45. The molecule has 0 bridgehead atoms. The molecular formula is C21H32ClNO4. The smallest absolute Gasteiger partial charge is 0.256 e. The SMILES string of the molecule is CCCOC1(C(=O)Nc2ccc(O[C@H](C)COC)c(Cl)c2)CCCCCC1. The van der Waals surface area contributed by atoms with E-state index in [4.69, 9.17) is 25.8 Å². The summed E-state index contributed by atoms with van der Waals surface area (Å²) in [4.78, 5) is 13.1. The van der Waals surface area contributed by atoms with Crippen LogP contribution in [0.1, 0.15) is 58.8 Å². The van der Waals surface area contributed by atoms with Crippen LogP contribution in [-0.4, -0.2) is 37.9 Å². The molecule has 5 nitrogen and oxygen atoms in total. The minimum Gasteiger partial charge on any atom is -0.487 e. The molecule has 1 aromatic carbocycles. The molecule has 1 saturated carbocycles. The third kappa shape index (κ3) is 6.37. The van der Waals surface area contributed by atoms with Crippen molar-refractivity contribution in [2.45, 2.75) is 70.5 Å². The predicted octanol–water partition coefficient (Wildman–Crippen LogP) is 5.21. The summed E-state index contributed by atoms with van der Waals surface area (Å²) in [5, 5.41) is 3.47. The summed E-state index contributed by atoms with van der Waals surface area (Å²) in [7, 11) is 1.63. The van der Waals surface area contributed by atoms with Crippen molar-refractivity contribution in [2.24, 2.45) is 0 Å². The molecule has 0 saturated heterocycles. The maximum atomic E-state index is 13.1. The predicted molar refractivity (Wildman–Crippen MR) is 109 cm³/mol. The van der Waals surface area contributed by atoms with E-state index >= 15 is 0 Å². The maximum absolute atomic E-state index is 13.1. The van der Waals surface area contributed by atoms with Gasteiger partial charge in [-0.3, -0.25) is 4.79 Å². The molecule has 1 atom stereocenters. The Morgan fingerprint density at radius 3 is 2.56 bits per heavy atom. The number of amides is 1. The Morgan fingerprint density at radius 2 is 1.96 bits per heavy atom. The Bertz CT molecular complexity index is 600. The number of halogens is 1. The summed E-state index contributed by atoms with van der Waals surface area (Å²) < 4.78 is 16.9. The monoisotopic (exact) mass is 397 g/mol. The van der Waals surface area contributed by atoms with Gasteiger partial charge in [0.05, 0.1) is 11.6 Å². The van der Waals surface area contributed by atoms with Gasteiger partial charge in [0.15, 0.2) is 0 Å². The molecule has 0 aliphatic heterocycles. The van der Waals surface area contributed by atoms with Crippen LogP contribution in [0, 0.1) is 0 Å². The van der Waals surface area contributed by atoms with Gasteiger partial charge in [0, 0.05) is 19.4 Å². The van der Waals surface area contributed by atoms with Crippen LogP contribution in [0.4, 0.5) is 5.69 Å². The number of hydrogen-bond donors (Lipinski definition) is 1. The number of ether oxygens (including phenoxy) is 3. The Kier molecular flexibility index (Phi) is 8.87. The van der Waals surface area contributed by atoms with Crippen molar-refractivity contribution in [3.8, 4) is 5.75 Å². The molecular weight excluding hydrogens is 366 g/mol. The first-order valence-electron chi connectivity index (χ1n) is 9.91. The van der Waals surface area contributed by atoms with Gasteiger partial charge < -0.3 is 19.5 Å². The van der Waals surface area contributed by atoms with Crippen LogP contribution in [0.25, 0.3) is 0 Å². The summed E-state index contributed by atoms with van der Waals surface area (Å²) in [5.41, 5.74) is -0.0818. The quantitative estimate of drug-likeness (QED) is 0.581. The molecule has 1 N–H and O–H groups in total. The van der Waals surface area contributed by atoms with Gasteiger partial charge in [-0.25, -0.2) is 0 Å². The molecule has 1 aliphatic rings. The number of hydrogen-bond acceptors (Lipinski definition) is 4. The standard InChI is InChI=1S/C21H32ClNO4/c1-4-13-26-21(11-7-5-6-8-12-21)20(24)23-17-9-10-19(18(22)14-17)27-16(2)15-25-3/h9-10,14,16H,4-8,11-13,15H2,1-3H3,(H,23,24)/t16-/m1/s1. The van der Waals surface area contributed by atoms with Crippen LogP contribution in [-0.2, 0) is 14.3 Å². The Balaban J connectivity index is 2.09. The average molecular weight is 398 g/mol. The van der Waals surface area contributed by atoms with E-state index in [9.17, 15) is 4.79 Å². The highest BCUT2D eigenvalue weighted by atomic mass is 35.5. The van der Waals surface area contributed by atoms with E-state index in [-0.39, 0.29) is 12.0 Å². The molecule has 0 heterocycles. The average Bonchev–Trinajstić information content (AvgIpc) is 2.89. The van der Waals surface area contributed by atoms with Crippen molar-refractivity contribution in [3.05, 3.63) is 23.2 Å². The zero-order valence-corrected chi connectivity index (χ0v) is 17.4. The first-order valence-corrected chi connectivity index (χ1v) is 10.3. The number of carbonyl (C=O) groups is 1. The second kappa shape index (κ2) is 10.9. The zero-order chi connectivity index (χ0) is 19.7. The first kappa shape index (κ1) is 22.0. The largest absolute Gasteiger partial charge is 0.487 e. The van der Waals surface area contributed by atoms with Gasteiger partial charge in [-0.15, -0.1) is 0 Å². The van der Waals surface area contributed by atoms with Gasteiger partial charge in [-0.2, -0.15) is 0 Å². The van der Waals surface area contributed by atoms with Gasteiger partial charge in [0.2, 0.25) is 0 Å². The van der Waals surface area contributed by atoms with E-state index in [0.29, 0.717) is 29.7 Å². The Labute approximate surface area is 167 Å². The topological polar surface area (TPSA) is 56.8 Å². The number of carbonyl (C=O) groups excluding carboxylic acids is 1. The van der Waals surface area contributed by atoms with E-state index in [2.05, 4.69) is 12.2 Å². The van der Waals surface area contributed by atoms with Gasteiger partial charge in [-0.1, -0.05) is 44.2 Å². The van der Waals surface area contributed by atoms with Gasteiger partial charge in [-0.05, 0) is 44.4 Å². The van der Waals surface area contributed by atoms with Crippen LogP contribution in [0.3, 0.4) is 0 Å². The second-order valence-electron chi connectivity index (χ2n) is 7.24. The highest BCUT2D eigenvalue weighted by Crippen LogP contribution is 2.33. The van der Waals surface area contributed by atoms with Crippen molar-refractivity contribution >= 4 is 23.2 Å². The van der Waals surface area contributed by atoms with Crippen LogP contribution in [0.2, 0.25) is 5.02 Å². The van der Waals surface area contributed by atoms with Gasteiger partial charge in [0.1, 0.15) is 17.5 Å². The third-order valence-corrected chi connectivity index (χ3v) is 5.12. The Morgan fingerprint density at radius 1 is 1.26 bits per heavy atom. The van der Waals surface area contributed by atoms with E-state index in [1.54, 1.807) is 19.2 Å². The Hall–Kier alpha value is -1.30. The molecule has 1 amide bonds. The van der Waals surface area contributed by atoms with E-state index in [1.165, 1.54) is 0 Å². The minimum absolute atomic E-state index is 0.0738. The van der Waals surface area contributed by atoms with Crippen molar-refractivity contribution in [1.29, 1.82) is 0 Å². The summed E-state index contributed by atoms with van der Waals surface area (Å²) in [6.45, 7) is 5.05. The molecule has 6 heteroatoms. The van der Waals surface area contributed by atoms with Gasteiger partial charge in [0.25, 0.3) is 5.91 Å². The van der Waals surface area contributed by atoms with Crippen LogP contribution in [0.15, 0.2) is 18.2 Å². The van der Waals surface area contributed by atoms with Crippen LogP contribution < -0.4 is 10.1 Å². The van der Waals surface area contributed by atoms with Crippen molar-refractivity contribution in [2.75, 3.05) is 25.6 Å². The maximum Gasteiger partial charge on any atom is 0.256 e. The summed E-state index contributed by atoms with van der Waals surface area (Å²) in [6, 6.07) is 5.30. The van der Waals surface area contributed by atoms with E-state index < -0.39 is 5.60 Å². The fourth-order valence-corrected chi connectivity index (χ4v) is 3.66. The highest BCUT2D eigenvalue weighted by Gasteiger charge is 2.39. The lowest BCUT2D eigenvalue weighted by Gasteiger charge is -2.31. The molecule has 27 heavy (non-hydrogen) atoms. The number of rotatable bonds is 9. The summed E-state index contributed by atoms with van der Waals surface area (Å²) >= 11 is 6.34. The fourth-order valence-electron chi connectivity index (χ4n) is 3.44. The molecule has 0 unspecified atom stereocenters. The van der Waals surface area contributed by atoms with E-state index in [1.807, 2.05) is 13.0 Å². The molecule has 0 aromatic heterocycles. The molecule has 0 spiro atoms. The molecule has 2 rings (SSSR count). The fraction of sp³-hybridized carbons (Fsp3) is 0.667. The third-order valence-electron chi connectivity index (χ3n) is 4.83. The molecule has 1 fully saturated rings. The molecule has 152 valence electrons. The number of benzene rings is 1. The lowest BCUT2D eigenvalue weighted by molar-refractivity contribution is -0.143. The first-order chi connectivity index (χ1) is 13.0. The van der Waals surface area contributed by atoms with Crippen LogP contribution >= 0.6 is 11.6 Å². The summed E-state index contributed by atoms with van der Waals surface area (Å²) in [6.07, 6.45) is 6.66. The van der Waals surface area contributed by atoms with Gasteiger partial charge >= 0.3 is 0 Å². The normalized spacial score (nSPS) is 17.8. The molecule has 0 radical (unpaired) electrons. The molecule has 1 aromatic rings. The van der Waals surface area contributed by atoms with Crippen molar-refractivity contribution in [3.63, 3.8) is 0 Å². The minimum atomic E-state index is -0.735. The number of nitrogens with one attached hydrogen (secondary N) is 1. The van der Waals surface area contributed by atoms with Crippen molar-refractivity contribution < 1.29 is 19.0 Å². The number of methoxy groups -OCH3 is 1. The second-order valence-corrected chi connectivity index (χ2v) is 7.65. The van der Waals surface area contributed by atoms with Crippen molar-refractivity contribution in [1.82, 2.24) is 0 Å². The molecule has 1 aliphatic carbocycles. The van der Waals surface area contributed by atoms with Crippen LogP contribution in [0.5, 0.6) is 5.75 Å². The zero-order valence-electron chi connectivity index (χ0n) is 16.7.